The number of hydrogen-bond donors (Lipinski definition) is 0. The Hall–Kier alpha value is -1.35. The molecule has 9 heteroatoms. The summed E-state index contributed by atoms with van der Waals surface area (Å²) in [5, 5.41) is 0. The molecule has 3 nitrogen and oxygen atoms in total. The van der Waals surface area contributed by atoms with Gasteiger partial charge in [-0.25, -0.2) is 8.78 Å². The first kappa shape index (κ1) is 11.7. The van der Waals surface area contributed by atoms with E-state index in [1.165, 1.54) is 0 Å². The van der Waals surface area contributed by atoms with Crippen LogP contribution in [0.3, 0.4) is 0 Å². The van der Waals surface area contributed by atoms with E-state index in [1.807, 2.05) is 0 Å². The van der Waals surface area contributed by atoms with Crippen LogP contribution in [0, 0.1) is 17.5 Å². The Balaban J connectivity index is 2.91. The number of hydrogen-bond acceptors (Lipinski definition) is 3. The summed E-state index contributed by atoms with van der Waals surface area (Å²) < 4.78 is 64.5. The summed E-state index contributed by atoms with van der Waals surface area (Å²) in [7, 11) is -2.51. The van der Waals surface area contributed by atoms with E-state index >= 15 is 0 Å². The van der Waals surface area contributed by atoms with Crippen molar-refractivity contribution in [3.63, 3.8) is 0 Å². The van der Waals surface area contributed by atoms with Crippen molar-refractivity contribution in [3.8, 4) is 5.75 Å². The number of rotatable bonds is 4. The molecule has 15 heavy (non-hydrogen) atoms. The van der Waals surface area contributed by atoms with Crippen molar-refractivity contribution in [1.82, 2.24) is 0 Å². The summed E-state index contributed by atoms with van der Waals surface area (Å²) in [4.78, 5) is 5.45. The highest BCUT2D eigenvalue weighted by atomic mass is 19.3. The van der Waals surface area contributed by atoms with E-state index in [9.17, 15) is 22.2 Å². The Bertz CT molecular complexity index is 346. The maximum atomic E-state index is 12.8. The minimum atomic E-state index is -2.51. The van der Waals surface area contributed by atoms with E-state index in [0.29, 0.717) is 12.1 Å². The molecule has 0 unspecified atom stereocenters. The molecule has 0 fully saturated rings. The lowest BCUT2D eigenvalue weighted by molar-refractivity contribution is -0.130. The fraction of sp³-hybridized carbons (Fsp3) is 0. The van der Waals surface area contributed by atoms with Crippen molar-refractivity contribution >= 4 is 7.32 Å². The Morgan fingerprint density at radius 1 is 0.933 bits per heavy atom. The molecular formula is C6H2BF5O3. The van der Waals surface area contributed by atoms with E-state index in [0.717, 1.165) is 0 Å². The highest BCUT2D eigenvalue weighted by molar-refractivity contribution is 6.36. The normalized spacial score (nSPS) is 10.2. The van der Waals surface area contributed by atoms with Crippen molar-refractivity contribution < 1.29 is 36.6 Å². The smallest absolute Gasteiger partial charge is 0.506 e. The minimum Gasteiger partial charge on any atom is -0.506 e. The van der Waals surface area contributed by atoms with Gasteiger partial charge in [-0.3, -0.25) is 0 Å². The highest BCUT2D eigenvalue weighted by Gasteiger charge is 2.29. The Labute approximate surface area is 80.3 Å². The van der Waals surface area contributed by atoms with Gasteiger partial charge in [0, 0.05) is 0 Å². The predicted octanol–water partition coefficient (Wildman–Crippen LogP) is 2.27. The Kier molecular flexibility index (Phi) is 3.86. The van der Waals surface area contributed by atoms with Crippen LogP contribution in [-0.4, -0.2) is 7.32 Å². The van der Waals surface area contributed by atoms with Gasteiger partial charge in [0.1, 0.15) is 5.75 Å². The highest BCUT2D eigenvalue weighted by Crippen LogP contribution is 2.22. The molecule has 0 aliphatic heterocycles. The van der Waals surface area contributed by atoms with Gasteiger partial charge in [-0.1, -0.05) is 9.05 Å². The van der Waals surface area contributed by atoms with Crippen LogP contribution in [0.15, 0.2) is 12.1 Å². The average molecular weight is 228 g/mol. The summed E-state index contributed by atoms with van der Waals surface area (Å²) in [6.45, 7) is 0. The second-order valence-corrected chi connectivity index (χ2v) is 2.26. The lowest BCUT2D eigenvalue weighted by Gasteiger charge is -2.07. The van der Waals surface area contributed by atoms with E-state index in [-0.39, 0.29) is 0 Å². The summed E-state index contributed by atoms with van der Waals surface area (Å²) in [6, 6.07) is 1.11. The molecule has 0 N–H and O–H groups in total. The van der Waals surface area contributed by atoms with Crippen molar-refractivity contribution in [1.29, 1.82) is 0 Å². The van der Waals surface area contributed by atoms with E-state index in [4.69, 9.17) is 0 Å². The monoisotopic (exact) mass is 228 g/mol. The van der Waals surface area contributed by atoms with Gasteiger partial charge in [0.25, 0.3) is 0 Å². The van der Waals surface area contributed by atoms with Gasteiger partial charge in [0.05, 0.1) is 0 Å². The van der Waals surface area contributed by atoms with Crippen LogP contribution in [0.25, 0.3) is 0 Å². The van der Waals surface area contributed by atoms with E-state index < -0.39 is 30.5 Å². The van der Waals surface area contributed by atoms with Crippen LogP contribution in [0.5, 0.6) is 5.75 Å². The predicted molar refractivity (Wildman–Crippen MR) is 37.1 cm³/mol. The molecule has 0 saturated carbocycles. The van der Waals surface area contributed by atoms with Crippen LogP contribution in [0.4, 0.5) is 22.2 Å². The maximum Gasteiger partial charge on any atom is 0.778 e. The molecule has 0 aromatic heterocycles. The van der Waals surface area contributed by atoms with Crippen molar-refractivity contribution in [2.75, 3.05) is 0 Å². The molecule has 0 aliphatic rings. The van der Waals surface area contributed by atoms with E-state index in [2.05, 4.69) is 14.4 Å². The first-order chi connectivity index (χ1) is 7.10. The second-order valence-electron chi connectivity index (χ2n) is 2.26. The Morgan fingerprint density at radius 3 is 2.07 bits per heavy atom. The first-order valence-electron chi connectivity index (χ1n) is 3.45. The van der Waals surface area contributed by atoms with Crippen LogP contribution < -0.4 is 4.65 Å². The fourth-order valence-electron chi connectivity index (χ4n) is 0.753. The molecule has 0 bridgehead atoms. The van der Waals surface area contributed by atoms with Crippen molar-refractivity contribution in [2.45, 2.75) is 0 Å². The van der Waals surface area contributed by atoms with Crippen LogP contribution in [-0.2, 0) is 9.72 Å². The molecule has 82 valence electrons. The number of benzene rings is 1. The average Bonchev–Trinajstić information content (AvgIpc) is 2.25. The number of halogens is 5. The van der Waals surface area contributed by atoms with Gasteiger partial charge in [-0.05, 0) is 12.1 Å². The van der Waals surface area contributed by atoms with Crippen LogP contribution in [0.2, 0.25) is 0 Å². The summed E-state index contributed by atoms with van der Waals surface area (Å²) in [6.07, 6.45) is 0. The fourth-order valence-corrected chi connectivity index (χ4v) is 0.753. The lowest BCUT2D eigenvalue weighted by atomic mass is 10.2. The van der Waals surface area contributed by atoms with Gasteiger partial charge in [-0.2, -0.15) is 14.1 Å². The molecule has 1 rings (SSSR count). The SMILES string of the molecule is FOB(OF)Oc1ccc(F)c(F)c1F. The van der Waals surface area contributed by atoms with Gasteiger partial charge >= 0.3 is 7.32 Å². The quantitative estimate of drug-likeness (QED) is 0.449. The summed E-state index contributed by atoms with van der Waals surface area (Å²) >= 11 is 0. The van der Waals surface area contributed by atoms with E-state index in [1.54, 1.807) is 0 Å². The molecule has 0 saturated heterocycles. The first-order valence-corrected chi connectivity index (χ1v) is 3.45. The second kappa shape index (κ2) is 4.94. The maximum absolute atomic E-state index is 12.8. The standard InChI is InChI=1S/C6H2BF5O3/c8-3-1-2-4(6(10)5(3)9)13-7(14-11)15-12/h1-2H. The molecule has 0 heterocycles. The largest absolute Gasteiger partial charge is 0.778 e. The molecule has 0 atom stereocenters. The third-order valence-corrected chi connectivity index (χ3v) is 1.37. The molecule has 0 radical (unpaired) electrons. The Morgan fingerprint density at radius 2 is 1.53 bits per heavy atom. The van der Waals surface area contributed by atoms with Gasteiger partial charge in [0.2, 0.25) is 5.82 Å². The minimum absolute atomic E-state index is 0.501. The summed E-state index contributed by atoms with van der Waals surface area (Å²) in [5.41, 5.74) is 0. The molecule has 0 aliphatic carbocycles. The molecular weight excluding hydrogens is 226 g/mol. The third-order valence-electron chi connectivity index (χ3n) is 1.37. The van der Waals surface area contributed by atoms with Crippen LogP contribution >= 0.6 is 0 Å². The molecule has 0 spiro atoms. The van der Waals surface area contributed by atoms with Crippen LogP contribution in [0.1, 0.15) is 0 Å². The lowest BCUT2D eigenvalue weighted by Crippen LogP contribution is -2.25. The summed E-state index contributed by atoms with van der Waals surface area (Å²) in [5.74, 6) is -6.04. The topological polar surface area (TPSA) is 27.7 Å². The zero-order chi connectivity index (χ0) is 11.4. The molecule has 1 aromatic rings. The van der Waals surface area contributed by atoms with Crippen molar-refractivity contribution in [2.24, 2.45) is 0 Å². The van der Waals surface area contributed by atoms with Gasteiger partial charge < -0.3 is 4.65 Å². The zero-order valence-corrected chi connectivity index (χ0v) is 6.85. The molecule has 0 amide bonds. The van der Waals surface area contributed by atoms with Gasteiger partial charge in [0.15, 0.2) is 11.6 Å². The zero-order valence-electron chi connectivity index (χ0n) is 6.85. The van der Waals surface area contributed by atoms with Gasteiger partial charge in [-0.15, -0.1) is 0 Å². The third kappa shape index (κ3) is 2.57. The van der Waals surface area contributed by atoms with Crippen molar-refractivity contribution in [3.05, 3.63) is 29.6 Å². The molecule has 1 aromatic carbocycles.